The fourth-order valence-electron chi connectivity index (χ4n) is 2.31. The second-order valence-electron chi connectivity index (χ2n) is 5.36. The monoisotopic (exact) mass is 348 g/mol. The van der Waals surface area contributed by atoms with E-state index in [-0.39, 0.29) is 5.91 Å². The third-order valence-electron chi connectivity index (χ3n) is 3.49. The van der Waals surface area contributed by atoms with Crippen molar-refractivity contribution >= 4 is 17.7 Å². The summed E-state index contributed by atoms with van der Waals surface area (Å²) in [4.78, 5) is 18.6. The molecule has 1 N–H and O–H groups in total. The van der Waals surface area contributed by atoms with E-state index in [4.69, 9.17) is 4.74 Å². The van der Waals surface area contributed by atoms with Crippen molar-refractivity contribution in [1.29, 1.82) is 0 Å². The van der Waals surface area contributed by atoms with Gasteiger partial charge < -0.3 is 9.64 Å². The van der Waals surface area contributed by atoms with Gasteiger partial charge in [0.2, 0.25) is 11.1 Å². The normalized spacial score (nSPS) is 10.6. The van der Waals surface area contributed by atoms with E-state index in [0.717, 1.165) is 37.2 Å². The van der Waals surface area contributed by atoms with Crippen LogP contribution in [0.3, 0.4) is 0 Å². The zero-order valence-electron chi connectivity index (χ0n) is 14.4. The van der Waals surface area contributed by atoms with Gasteiger partial charge in [-0.15, -0.1) is 5.10 Å². The minimum Gasteiger partial charge on any atom is -0.497 e. The van der Waals surface area contributed by atoms with Crippen LogP contribution >= 0.6 is 11.8 Å². The summed E-state index contributed by atoms with van der Waals surface area (Å²) in [6, 6.07) is 7.59. The van der Waals surface area contributed by atoms with Crippen molar-refractivity contribution in [2.75, 3.05) is 26.0 Å². The summed E-state index contributed by atoms with van der Waals surface area (Å²) in [5.41, 5.74) is 0.931. The molecule has 1 heterocycles. The number of ether oxygens (including phenoxy) is 1. The molecular formula is C17H24N4O2S. The second-order valence-corrected chi connectivity index (χ2v) is 6.31. The first-order valence-electron chi connectivity index (χ1n) is 8.15. The van der Waals surface area contributed by atoms with Gasteiger partial charge >= 0.3 is 0 Å². The minimum absolute atomic E-state index is 0.138. The SMILES string of the molecule is CCCN(CCC)C(=O)CSc1n[nH]c(-c2ccc(OC)cc2)n1. The number of carbonyl (C=O) groups excluding carboxylic acids is 1. The summed E-state index contributed by atoms with van der Waals surface area (Å²) in [5.74, 6) is 1.98. The Bertz CT molecular complexity index is 636. The van der Waals surface area contributed by atoms with E-state index in [1.54, 1.807) is 7.11 Å². The average molecular weight is 348 g/mol. The van der Waals surface area contributed by atoms with Gasteiger partial charge in [0.25, 0.3) is 0 Å². The van der Waals surface area contributed by atoms with Crippen LogP contribution in [0.15, 0.2) is 29.4 Å². The number of carbonyl (C=O) groups is 1. The summed E-state index contributed by atoms with van der Waals surface area (Å²) in [6.07, 6.45) is 1.94. The van der Waals surface area contributed by atoms with E-state index in [9.17, 15) is 4.79 Å². The molecular weight excluding hydrogens is 324 g/mol. The van der Waals surface area contributed by atoms with Crippen molar-refractivity contribution < 1.29 is 9.53 Å². The molecule has 7 heteroatoms. The third-order valence-corrected chi connectivity index (χ3v) is 4.32. The molecule has 0 aliphatic carbocycles. The highest BCUT2D eigenvalue weighted by Crippen LogP contribution is 2.21. The number of benzene rings is 1. The molecule has 1 amide bonds. The van der Waals surface area contributed by atoms with Gasteiger partial charge in [0, 0.05) is 18.7 Å². The Morgan fingerprint density at radius 3 is 2.46 bits per heavy atom. The van der Waals surface area contributed by atoms with Gasteiger partial charge in [0.15, 0.2) is 5.82 Å². The number of methoxy groups -OCH3 is 1. The molecule has 0 saturated carbocycles. The number of nitrogens with one attached hydrogen (secondary N) is 1. The average Bonchev–Trinajstić information content (AvgIpc) is 3.08. The number of amides is 1. The van der Waals surface area contributed by atoms with Crippen molar-refractivity contribution in [3.05, 3.63) is 24.3 Å². The molecule has 0 spiro atoms. The van der Waals surface area contributed by atoms with Crippen LogP contribution < -0.4 is 4.74 Å². The van der Waals surface area contributed by atoms with Gasteiger partial charge in [0.1, 0.15) is 5.75 Å². The second kappa shape index (κ2) is 9.32. The summed E-state index contributed by atoms with van der Waals surface area (Å²) >= 11 is 1.36. The van der Waals surface area contributed by atoms with Crippen LogP contribution in [0.5, 0.6) is 5.75 Å². The summed E-state index contributed by atoms with van der Waals surface area (Å²) in [5, 5.41) is 7.68. The number of aromatic amines is 1. The summed E-state index contributed by atoms with van der Waals surface area (Å²) in [7, 11) is 1.63. The Morgan fingerprint density at radius 2 is 1.88 bits per heavy atom. The van der Waals surface area contributed by atoms with Gasteiger partial charge in [-0.2, -0.15) is 0 Å². The van der Waals surface area contributed by atoms with E-state index in [1.807, 2.05) is 29.2 Å². The molecule has 130 valence electrons. The van der Waals surface area contributed by atoms with Crippen LogP contribution in [-0.2, 0) is 4.79 Å². The minimum atomic E-state index is 0.138. The molecule has 0 saturated heterocycles. The molecule has 0 bridgehead atoms. The molecule has 6 nitrogen and oxygen atoms in total. The lowest BCUT2D eigenvalue weighted by Gasteiger charge is -2.20. The highest BCUT2D eigenvalue weighted by Gasteiger charge is 2.14. The fraction of sp³-hybridized carbons (Fsp3) is 0.471. The number of hydrogen-bond donors (Lipinski definition) is 1. The molecule has 0 radical (unpaired) electrons. The molecule has 2 aromatic rings. The summed E-state index contributed by atoms with van der Waals surface area (Å²) in [6.45, 7) is 5.77. The standard InChI is InChI=1S/C17H24N4O2S/c1-4-10-21(11-5-2)15(22)12-24-17-18-16(19-20-17)13-6-8-14(23-3)9-7-13/h6-9H,4-5,10-12H2,1-3H3,(H,18,19,20). The van der Waals surface area contributed by atoms with Gasteiger partial charge in [-0.1, -0.05) is 25.6 Å². The van der Waals surface area contributed by atoms with E-state index in [1.165, 1.54) is 11.8 Å². The maximum absolute atomic E-state index is 12.3. The number of nitrogens with zero attached hydrogens (tertiary/aromatic N) is 3. The lowest BCUT2D eigenvalue weighted by Crippen LogP contribution is -2.33. The van der Waals surface area contributed by atoms with Crippen LogP contribution in [0.4, 0.5) is 0 Å². The lowest BCUT2D eigenvalue weighted by molar-refractivity contribution is -0.128. The topological polar surface area (TPSA) is 71.1 Å². The van der Waals surface area contributed by atoms with Gasteiger partial charge in [0.05, 0.1) is 12.9 Å². The number of hydrogen-bond acceptors (Lipinski definition) is 5. The van der Waals surface area contributed by atoms with Gasteiger partial charge in [-0.25, -0.2) is 4.98 Å². The van der Waals surface area contributed by atoms with Crippen LogP contribution in [0.1, 0.15) is 26.7 Å². The first kappa shape index (κ1) is 18.3. The van der Waals surface area contributed by atoms with E-state index in [0.29, 0.717) is 16.7 Å². The number of aromatic nitrogens is 3. The predicted molar refractivity (Wildman–Crippen MR) is 96.3 cm³/mol. The van der Waals surface area contributed by atoms with E-state index < -0.39 is 0 Å². The molecule has 24 heavy (non-hydrogen) atoms. The van der Waals surface area contributed by atoms with Crippen molar-refractivity contribution in [3.63, 3.8) is 0 Å². The zero-order valence-corrected chi connectivity index (χ0v) is 15.2. The van der Waals surface area contributed by atoms with E-state index >= 15 is 0 Å². The van der Waals surface area contributed by atoms with Gasteiger partial charge in [-0.05, 0) is 37.1 Å². The van der Waals surface area contributed by atoms with Crippen molar-refractivity contribution in [2.45, 2.75) is 31.8 Å². The first-order valence-corrected chi connectivity index (χ1v) is 9.13. The van der Waals surface area contributed by atoms with E-state index in [2.05, 4.69) is 29.0 Å². The smallest absolute Gasteiger partial charge is 0.233 e. The Balaban J connectivity index is 1.94. The Kier molecular flexibility index (Phi) is 7.11. The van der Waals surface area contributed by atoms with Gasteiger partial charge in [-0.3, -0.25) is 9.89 Å². The molecule has 0 fully saturated rings. The van der Waals surface area contributed by atoms with Crippen LogP contribution in [-0.4, -0.2) is 51.9 Å². The van der Waals surface area contributed by atoms with Crippen molar-refractivity contribution in [2.24, 2.45) is 0 Å². The Hall–Kier alpha value is -2.02. The molecule has 0 aliphatic rings. The number of rotatable bonds is 9. The Morgan fingerprint density at radius 1 is 1.21 bits per heavy atom. The van der Waals surface area contributed by atoms with Crippen LogP contribution in [0.2, 0.25) is 0 Å². The molecule has 0 aliphatic heterocycles. The molecule has 1 aromatic carbocycles. The van der Waals surface area contributed by atoms with Crippen LogP contribution in [0, 0.1) is 0 Å². The first-order chi connectivity index (χ1) is 11.7. The largest absolute Gasteiger partial charge is 0.497 e. The zero-order chi connectivity index (χ0) is 17.4. The van der Waals surface area contributed by atoms with Crippen molar-refractivity contribution in [1.82, 2.24) is 20.1 Å². The number of thioether (sulfide) groups is 1. The molecule has 0 atom stereocenters. The molecule has 0 unspecified atom stereocenters. The third kappa shape index (κ3) is 4.99. The quantitative estimate of drug-likeness (QED) is 0.705. The van der Waals surface area contributed by atoms with Crippen LogP contribution in [0.25, 0.3) is 11.4 Å². The highest BCUT2D eigenvalue weighted by molar-refractivity contribution is 7.99. The maximum Gasteiger partial charge on any atom is 0.233 e. The van der Waals surface area contributed by atoms with Crippen molar-refractivity contribution in [3.8, 4) is 17.1 Å². The lowest BCUT2D eigenvalue weighted by atomic mass is 10.2. The Labute approximate surface area is 147 Å². The maximum atomic E-state index is 12.3. The highest BCUT2D eigenvalue weighted by atomic mass is 32.2. The molecule has 1 aromatic heterocycles. The predicted octanol–water partition coefficient (Wildman–Crippen LogP) is 3.22. The summed E-state index contributed by atoms with van der Waals surface area (Å²) < 4.78 is 5.14. The fourth-order valence-corrected chi connectivity index (χ4v) is 3.01. The molecule has 2 rings (SSSR count). The number of H-pyrrole nitrogens is 1.